The number of nitrogens with zero attached hydrogens (tertiary/aromatic N) is 1. The molecule has 2 unspecified atom stereocenters. The third-order valence-corrected chi connectivity index (χ3v) is 5.08. The normalized spacial score (nSPS) is 35.1. The molecule has 0 aromatic rings. The van der Waals surface area contributed by atoms with Gasteiger partial charge in [0, 0.05) is 18.1 Å². The standard InChI is InChI=1S/C15H30N2/c1-15(2)10-9-13(16)14(11-15)17(3)12-7-5-4-6-8-12/h12-14H,4-11,16H2,1-3H3. The lowest BCUT2D eigenvalue weighted by Gasteiger charge is -2.46. The summed E-state index contributed by atoms with van der Waals surface area (Å²) in [6.45, 7) is 4.81. The molecule has 100 valence electrons. The molecule has 0 saturated heterocycles. The molecule has 2 atom stereocenters. The van der Waals surface area contributed by atoms with Gasteiger partial charge < -0.3 is 5.73 Å². The van der Waals surface area contributed by atoms with Gasteiger partial charge in [0.15, 0.2) is 0 Å². The quantitative estimate of drug-likeness (QED) is 0.800. The highest BCUT2D eigenvalue weighted by atomic mass is 15.2. The average molecular weight is 238 g/mol. The fraction of sp³-hybridized carbons (Fsp3) is 1.00. The van der Waals surface area contributed by atoms with Crippen molar-refractivity contribution in [2.45, 2.75) is 83.3 Å². The van der Waals surface area contributed by atoms with E-state index in [2.05, 4.69) is 25.8 Å². The predicted octanol–water partition coefficient (Wildman–Crippen LogP) is 3.16. The Labute approximate surface area is 107 Å². The first-order valence-corrected chi connectivity index (χ1v) is 7.47. The highest BCUT2D eigenvalue weighted by molar-refractivity contribution is 4.94. The van der Waals surface area contributed by atoms with Crippen LogP contribution in [0.15, 0.2) is 0 Å². The molecule has 0 heterocycles. The van der Waals surface area contributed by atoms with E-state index < -0.39 is 0 Å². The van der Waals surface area contributed by atoms with Crippen molar-refractivity contribution >= 4 is 0 Å². The smallest absolute Gasteiger partial charge is 0.0252 e. The number of rotatable bonds is 2. The van der Waals surface area contributed by atoms with Gasteiger partial charge in [-0.1, -0.05) is 33.1 Å². The fourth-order valence-electron chi connectivity index (χ4n) is 3.77. The van der Waals surface area contributed by atoms with Crippen molar-refractivity contribution < 1.29 is 0 Å². The Morgan fingerprint density at radius 3 is 2.35 bits per heavy atom. The summed E-state index contributed by atoms with van der Waals surface area (Å²) in [5.41, 5.74) is 6.86. The first-order chi connectivity index (χ1) is 7.99. The lowest BCUT2D eigenvalue weighted by molar-refractivity contribution is 0.0538. The summed E-state index contributed by atoms with van der Waals surface area (Å²) < 4.78 is 0. The number of hydrogen-bond acceptors (Lipinski definition) is 2. The molecular formula is C15H30N2. The first-order valence-electron chi connectivity index (χ1n) is 7.47. The summed E-state index contributed by atoms with van der Waals surface area (Å²) in [5, 5.41) is 0. The lowest BCUT2D eigenvalue weighted by Crippen LogP contribution is -2.54. The van der Waals surface area contributed by atoms with Crippen LogP contribution in [0.1, 0.15) is 65.2 Å². The van der Waals surface area contributed by atoms with Crippen LogP contribution in [0.5, 0.6) is 0 Å². The molecule has 0 aromatic carbocycles. The van der Waals surface area contributed by atoms with E-state index in [9.17, 15) is 0 Å². The first kappa shape index (κ1) is 13.4. The Balaban J connectivity index is 1.98. The minimum absolute atomic E-state index is 0.398. The summed E-state index contributed by atoms with van der Waals surface area (Å²) >= 11 is 0. The average Bonchev–Trinajstić information content (AvgIpc) is 2.33. The Morgan fingerprint density at radius 1 is 1.06 bits per heavy atom. The Bertz CT molecular complexity index is 243. The molecular weight excluding hydrogens is 208 g/mol. The molecule has 0 radical (unpaired) electrons. The summed E-state index contributed by atoms with van der Waals surface area (Å²) in [4.78, 5) is 2.63. The van der Waals surface area contributed by atoms with Crippen molar-refractivity contribution in [3.8, 4) is 0 Å². The maximum atomic E-state index is 6.37. The van der Waals surface area contributed by atoms with E-state index in [4.69, 9.17) is 5.73 Å². The van der Waals surface area contributed by atoms with Crippen LogP contribution >= 0.6 is 0 Å². The molecule has 2 rings (SSSR count). The molecule has 0 aromatic heterocycles. The zero-order chi connectivity index (χ0) is 12.5. The van der Waals surface area contributed by atoms with Gasteiger partial charge in [0.05, 0.1) is 0 Å². The van der Waals surface area contributed by atoms with Crippen LogP contribution in [-0.2, 0) is 0 Å². The van der Waals surface area contributed by atoms with Crippen molar-refractivity contribution in [3.63, 3.8) is 0 Å². The van der Waals surface area contributed by atoms with E-state index in [0.29, 0.717) is 17.5 Å². The van der Waals surface area contributed by atoms with E-state index in [-0.39, 0.29) is 0 Å². The van der Waals surface area contributed by atoms with Crippen LogP contribution in [0.2, 0.25) is 0 Å². The minimum Gasteiger partial charge on any atom is -0.326 e. The van der Waals surface area contributed by atoms with E-state index in [1.165, 1.54) is 51.4 Å². The molecule has 0 spiro atoms. The van der Waals surface area contributed by atoms with Crippen molar-refractivity contribution in [3.05, 3.63) is 0 Å². The van der Waals surface area contributed by atoms with Gasteiger partial charge in [0.25, 0.3) is 0 Å². The summed E-state index contributed by atoms with van der Waals surface area (Å²) in [7, 11) is 2.32. The van der Waals surface area contributed by atoms with Gasteiger partial charge in [0.1, 0.15) is 0 Å². The van der Waals surface area contributed by atoms with Gasteiger partial charge in [-0.3, -0.25) is 4.90 Å². The molecule has 2 N–H and O–H groups in total. The molecule has 2 aliphatic rings. The molecule has 17 heavy (non-hydrogen) atoms. The molecule has 2 saturated carbocycles. The van der Waals surface area contributed by atoms with E-state index in [1.54, 1.807) is 0 Å². The van der Waals surface area contributed by atoms with E-state index in [0.717, 1.165) is 6.04 Å². The van der Waals surface area contributed by atoms with Crippen molar-refractivity contribution in [2.24, 2.45) is 11.1 Å². The molecule has 2 aliphatic carbocycles. The second-order valence-corrected chi connectivity index (χ2v) is 7.10. The van der Waals surface area contributed by atoms with Crippen LogP contribution in [-0.4, -0.2) is 30.1 Å². The molecule has 2 fully saturated rings. The minimum atomic E-state index is 0.398. The zero-order valence-corrected chi connectivity index (χ0v) is 11.9. The van der Waals surface area contributed by atoms with Crippen molar-refractivity contribution in [1.29, 1.82) is 0 Å². The van der Waals surface area contributed by atoms with Crippen LogP contribution in [0, 0.1) is 5.41 Å². The predicted molar refractivity (Wildman–Crippen MR) is 74.0 cm³/mol. The Morgan fingerprint density at radius 2 is 1.71 bits per heavy atom. The molecule has 2 nitrogen and oxygen atoms in total. The number of hydrogen-bond donors (Lipinski definition) is 1. The lowest BCUT2D eigenvalue weighted by atomic mass is 9.72. The van der Waals surface area contributed by atoms with Gasteiger partial charge in [-0.15, -0.1) is 0 Å². The largest absolute Gasteiger partial charge is 0.326 e. The topological polar surface area (TPSA) is 29.3 Å². The van der Waals surface area contributed by atoms with Gasteiger partial charge in [0.2, 0.25) is 0 Å². The monoisotopic (exact) mass is 238 g/mol. The maximum Gasteiger partial charge on any atom is 0.0252 e. The van der Waals surface area contributed by atoms with Gasteiger partial charge in [-0.25, -0.2) is 0 Å². The van der Waals surface area contributed by atoms with Crippen LogP contribution in [0.25, 0.3) is 0 Å². The Kier molecular flexibility index (Phi) is 4.14. The van der Waals surface area contributed by atoms with Crippen molar-refractivity contribution in [2.75, 3.05) is 7.05 Å². The van der Waals surface area contributed by atoms with E-state index >= 15 is 0 Å². The highest BCUT2D eigenvalue weighted by Gasteiger charge is 2.37. The van der Waals surface area contributed by atoms with Crippen LogP contribution in [0.3, 0.4) is 0 Å². The van der Waals surface area contributed by atoms with E-state index in [1.807, 2.05) is 0 Å². The molecule has 2 heteroatoms. The van der Waals surface area contributed by atoms with Gasteiger partial charge >= 0.3 is 0 Å². The summed E-state index contributed by atoms with van der Waals surface area (Å²) in [6.07, 6.45) is 10.8. The van der Waals surface area contributed by atoms with Gasteiger partial charge in [-0.2, -0.15) is 0 Å². The maximum absolute atomic E-state index is 6.37. The zero-order valence-electron chi connectivity index (χ0n) is 11.9. The van der Waals surface area contributed by atoms with Gasteiger partial charge in [-0.05, 0) is 44.6 Å². The highest BCUT2D eigenvalue weighted by Crippen LogP contribution is 2.38. The number of likely N-dealkylation sites (N-methyl/N-ethyl adjacent to an activating group) is 1. The number of nitrogens with two attached hydrogens (primary N) is 1. The van der Waals surface area contributed by atoms with Crippen LogP contribution < -0.4 is 5.73 Å². The Hall–Kier alpha value is -0.0800. The molecule has 0 amide bonds. The second kappa shape index (κ2) is 5.27. The fourth-order valence-corrected chi connectivity index (χ4v) is 3.77. The molecule has 0 aliphatic heterocycles. The molecule has 0 bridgehead atoms. The third kappa shape index (κ3) is 3.23. The summed E-state index contributed by atoms with van der Waals surface area (Å²) in [6, 6.07) is 1.81. The van der Waals surface area contributed by atoms with Crippen molar-refractivity contribution in [1.82, 2.24) is 4.90 Å². The third-order valence-electron chi connectivity index (χ3n) is 5.08. The SMILES string of the molecule is CN(C1CCCCC1)C1CC(C)(C)CCC1N. The summed E-state index contributed by atoms with van der Waals surface area (Å²) in [5.74, 6) is 0. The second-order valence-electron chi connectivity index (χ2n) is 7.10. The van der Waals surface area contributed by atoms with Crippen LogP contribution in [0.4, 0.5) is 0 Å².